The Morgan fingerprint density at radius 2 is 1.52 bits per heavy atom. The lowest BCUT2D eigenvalue weighted by atomic mass is 9.81. The van der Waals surface area contributed by atoms with E-state index in [0.29, 0.717) is 41.8 Å². The Morgan fingerprint density at radius 1 is 0.926 bits per heavy atom. The molecule has 2 amide bonds. The molecule has 1 aliphatic carbocycles. The highest BCUT2D eigenvalue weighted by Crippen LogP contribution is 2.34. The van der Waals surface area contributed by atoms with Gasteiger partial charge in [-0.2, -0.15) is 0 Å². The first-order valence-corrected chi connectivity index (χ1v) is 9.39. The SMILES string of the molecule is CCNC(=O)C1CCC(CNC(=O)c2cc(OC)c(OC)cc2OC)CC1. The Bertz CT molecular complexity index is 654. The van der Waals surface area contributed by atoms with Gasteiger partial charge in [0.1, 0.15) is 5.75 Å². The van der Waals surface area contributed by atoms with Gasteiger partial charge in [-0.3, -0.25) is 9.59 Å². The van der Waals surface area contributed by atoms with Crippen LogP contribution in [-0.2, 0) is 4.79 Å². The highest BCUT2D eigenvalue weighted by Gasteiger charge is 2.26. The van der Waals surface area contributed by atoms with E-state index in [2.05, 4.69) is 10.6 Å². The third-order valence-electron chi connectivity index (χ3n) is 5.07. The highest BCUT2D eigenvalue weighted by molar-refractivity contribution is 5.97. The summed E-state index contributed by atoms with van der Waals surface area (Å²) in [6.07, 6.45) is 3.61. The van der Waals surface area contributed by atoms with E-state index < -0.39 is 0 Å². The van der Waals surface area contributed by atoms with Gasteiger partial charge in [0.25, 0.3) is 5.91 Å². The van der Waals surface area contributed by atoms with Gasteiger partial charge in [0.05, 0.1) is 26.9 Å². The average Bonchev–Trinajstić information content (AvgIpc) is 2.71. The molecular weight excluding hydrogens is 348 g/mol. The summed E-state index contributed by atoms with van der Waals surface area (Å²) in [5, 5.41) is 5.88. The normalized spacial score (nSPS) is 19.1. The summed E-state index contributed by atoms with van der Waals surface area (Å²) in [6.45, 7) is 3.18. The van der Waals surface area contributed by atoms with Gasteiger partial charge in [0, 0.05) is 31.1 Å². The van der Waals surface area contributed by atoms with Gasteiger partial charge in [0.2, 0.25) is 5.91 Å². The van der Waals surface area contributed by atoms with Crippen LogP contribution in [0.15, 0.2) is 12.1 Å². The van der Waals surface area contributed by atoms with Crippen LogP contribution in [0.5, 0.6) is 17.2 Å². The minimum Gasteiger partial charge on any atom is -0.496 e. The van der Waals surface area contributed by atoms with Crippen LogP contribution in [0.4, 0.5) is 0 Å². The number of carbonyl (C=O) groups is 2. The van der Waals surface area contributed by atoms with E-state index in [1.54, 1.807) is 12.1 Å². The van der Waals surface area contributed by atoms with E-state index in [-0.39, 0.29) is 17.7 Å². The van der Waals surface area contributed by atoms with Crippen LogP contribution >= 0.6 is 0 Å². The number of carbonyl (C=O) groups excluding carboxylic acids is 2. The summed E-state index contributed by atoms with van der Waals surface area (Å²) in [5.41, 5.74) is 0.408. The molecule has 27 heavy (non-hydrogen) atoms. The molecule has 1 saturated carbocycles. The Hall–Kier alpha value is -2.44. The zero-order chi connectivity index (χ0) is 19.8. The van der Waals surface area contributed by atoms with E-state index in [9.17, 15) is 9.59 Å². The molecule has 0 spiro atoms. The van der Waals surface area contributed by atoms with Crippen LogP contribution in [0.2, 0.25) is 0 Å². The zero-order valence-corrected chi connectivity index (χ0v) is 16.6. The van der Waals surface area contributed by atoms with E-state index in [0.717, 1.165) is 25.7 Å². The van der Waals surface area contributed by atoms with E-state index in [4.69, 9.17) is 14.2 Å². The van der Waals surface area contributed by atoms with Gasteiger partial charge in [0.15, 0.2) is 11.5 Å². The molecule has 1 fully saturated rings. The van der Waals surface area contributed by atoms with Gasteiger partial charge in [-0.15, -0.1) is 0 Å². The first-order valence-electron chi connectivity index (χ1n) is 9.39. The maximum atomic E-state index is 12.6. The third-order valence-corrected chi connectivity index (χ3v) is 5.07. The molecule has 1 aliphatic rings. The quantitative estimate of drug-likeness (QED) is 0.725. The van der Waals surface area contributed by atoms with Gasteiger partial charge in [-0.25, -0.2) is 0 Å². The Kier molecular flexibility index (Phi) is 7.76. The lowest BCUT2D eigenvalue weighted by Crippen LogP contribution is -2.36. The minimum atomic E-state index is -0.210. The fourth-order valence-electron chi connectivity index (χ4n) is 3.49. The van der Waals surface area contributed by atoms with Crippen molar-refractivity contribution in [3.05, 3.63) is 17.7 Å². The number of benzene rings is 1. The summed E-state index contributed by atoms with van der Waals surface area (Å²) in [6, 6.07) is 3.27. The van der Waals surface area contributed by atoms with Crippen LogP contribution in [0.25, 0.3) is 0 Å². The highest BCUT2D eigenvalue weighted by atomic mass is 16.5. The number of hydrogen-bond acceptors (Lipinski definition) is 5. The molecule has 7 nitrogen and oxygen atoms in total. The number of ether oxygens (including phenoxy) is 3. The smallest absolute Gasteiger partial charge is 0.255 e. The van der Waals surface area contributed by atoms with E-state index in [1.165, 1.54) is 21.3 Å². The summed E-state index contributed by atoms with van der Waals surface area (Å²) >= 11 is 0. The predicted octanol–water partition coefficient (Wildman–Crippen LogP) is 2.38. The van der Waals surface area contributed by atoms with Gasteiger partial charge < -0.3 is 24.8 Å². The lowest BCUT2D eigenvalue weighted by Gasteiger charge is -2.27. The zero-order valence-electron chi connectivity index (χ0n) is 16.6. The van der Waals surface area contributed by atoms with Crippen molar-refractivity contribution in [1.29, 1.82) is 0 Å². The second-order valence-electron chi connectivity index (χ2n) is 6.73. The van der Waals surface area contributed by atoms with Crippen molar-refractivity contribution in [2.24, 2.45) is 11.8 Å². The number of hydrogen-bond donors (Lipinski definition) is 2. The number of methoxy groups -OCH3 is 3. The first kappa shape index (κ1) is 20.9. The molecule has 1 aromatic rings. The minimum absolute atomic E-state index is 0.0999. The Morgan fingerprint density at radius 3 is 2.07 bits per heavy atom. The standard InChI is InChI=1S/C20H30N2O5/c1-5-21-19(23)14-8-6-13(7-9-14)12-22-20(24)15-10-17(26-3)18(27-4)11-16(15)25-2/h10-11,13-14H,5-9,12H2,1-4H3,(H,21,23)(H,22,24). The van der Waals surface area contributed by atoms with Crippen LogP contribution in [0.3, 0.4) is 0 Å². The summed E-state index contributed by atoms with van der Waals surface area (Å²) < 4.78 is 15.8. The largest absolute Gasteiger partial charge is 0.496 e. The van der Waals surface area contributed by atoms with Gasteiger partial charge in [-0.05, 0) is 38.5 Å². The second-order valence-corrected chi connectivity index (χ2v) is 6.73. The van der Waals surface area contributed by atoms with Crippen molar-refractivity contribution in [1.82, 2.24) is 10.6 Å². The molecule has 2 N–H and O–H groups in total. The Labute approximate surface area is 160 Å². The van der Waals surface area contributed by atoms with Crippen molar-refractivity contribution in [2.45, 2.75) is 32.6 Å². The molecule has 7 heteroatoms. The molecule has 150 valence electrons. The molecule has 0 saturated heterocycles. The molecule has 0 aliphatic heterocycles. The average molecular weight is 378 g/mol. The number of nitrogens with one attached hydrogen (secondary N) is 2. The van der Waals surface area contributed by atoms with Crippen molar-refractivity contribution in [3.63, 3.8) is 0 Å². The monoisotopic (exact) mass is 378 g/mol. The first-order chi connectivity index (χ1) is 13.0. The molecule has 1 aromatic carbocycles. The summed E-state index contributed by atoms with van der Waals surface area (Å²) in [7, 11) is 4.58. The van der Waals surface area contributed by atoms with Crippen molar-refractivity contribution >= 4 is 11.8 Å². The van der Waals surface area contributed by atoms with Gasteiger partial charge >= 0.3 is 0 Å². The topological polar surface area (TPSA) is 85.9 Å². The number of amides is 2. The fraction of sp³-hybridized carbons (Fsp3) is 0.600. The molecule has 2 rings (SSSR count). The fourth-order valence-corrected chi connectivity index (χ4v) is 3.49. The van der Waals surface area contributed by atoms with E-state index in [1.807, 2.05) is 6.92 Å². The van der Waals surface area contributed by atoms with Crippen LogP contribution in [0, 0.1) is 11.8 Å². The molecular formula is C20H30N2O5. The molecule has 0 bridgehead atoms. The Balaban J connectivity index is 1.94. The van der Waals surface area contributed by atoms with Crippen LogP contribution < -0.4 is 24.8 Å². The molecule has 0 heterocycles. The van der Waals surface area contributed by atoms with Gasteiger partial charge in [-0.1, -0.05) is 0 Å². The molecule has 0 aromatic heterocycles. The van der Waals surface area contributed by atoms with Crippen molar-refractivity contribution in [3.8, 4) is 17.2 Å². The third kappa shape index (κ3) is 5.28. The predicted molar refractivity (Wildman–Crippen MR) is 103 cm³/mol. The second kappa shape index (κ2) is 10.0. The number of rotatable bonds is 8. The van der Waals surface area contributed by atoms with E-state index >= 15 is 0 Å². The summed E-state index contributed by atoms with van der Waals surface area (Å²) in [5.74, 6) is 1.84. The van der Waals surface area contributed by atoms with Crippen LogP contribution in [-0.4, -0.2) is 46.2 Å². The summed E-state index contributed by atoms with van der Waals surface area (Å²) in [4.78, 5) is 24.6. The lowest BCUT2D eigenvalue weighted by molar-refractivity contribution is -0.126. The van der Waals surface area contributed by atoms with Crippen molar-refractivity contribution in [2.75, 3.05) is 34.4 Å². The van der Waals surface area contributed by atoms with Crippen LogP contribution in [0.1, 0.15) is 43.0 Å². The molecule has 0 unspecified atom stereocenters. The maximum Gasteiger partial charge on any atom is 0.255 e. The molecule has 0 atom stereocenters. The maximum absolute atomic E-state index is 12.6. The van der Waals surface area contributed by atoms with Crippen molar-refractivity contribution < 1.29 is 23.8 Å². The molecule has 0 radical (unpaired) electrons.